The number of ether oxygens (including phenoxy) is 2. The molecule has 3 aromatic heterocycles. The SMILES string of the molecule is COC(=O)N[C@@H](CC/C=C/C(=O)N(C)C)C(=O)Cc1cccn(Cc2nc3c(C(C)C)nc(C)nc3n2C2CCCCO2)c1=O. The number of allylic oxidation sites excluding steroid dienone is 1. The Bertz CT molecular complexity index is 1620. The zero-order valence-electron chi connectivity index (χ0n) is 26.9. The van der Waals surface area contributed by atoms with Gasteiger partial charge in [0.2, 0.25) is 5.91 Å². The van der Waals surface area contributed by atoms with E-state index >= 15 is 0 Å². The number of amides is 2. The second kappa shape index (κ2) is 15.1. The smallest absolute Gasteiger partial charge is 0.407 e. The van der Waals surface area contributed by atoms with Gasteiger partial charge in [0.15, 0.2) is 11.4 Å². The number of Topliss-reactive ketones (excluding diaryl/α,β-unsaturated/α-hetero) is 1. The lowest BCUT2D eigenvalue weighted by Gasteiger charge is -2.26. The number of nitrogens with zero attached hydrogens (tertiary/aromatic N) is 6. The molecule has 4 heterocycles. The van der Waals surface area contributed by atoms with E-state index in [0.29, 0.717) is 35.8 Å². The zero-order valence-corrected chi connectivity index (χ0v) is 26.9. The minimum absolute atomic E-state index is 0.116. The average Bonchev–Trinajstić information content (AvgIpc) is 3.37. The number of aryl methyl sites for hydroxylation is 1. The number of carbonyl (C=O) groups excluding carboxylic acids is 3. The summed E-state index contributed by atoms with van der Waals surface area (Å²) in [6.07, 6.45) is 6.90. The summed E-state index contributed by atoms with van der Waals surface area (Å²) in [6.45, 7) is 6.75. The molecule has 2 amide bonds. The highest BCUT2D eigenvalue weighted by Gasteiger charge is 2.27. The number of ketones is 1. The van der Waals surface area contributed by atoms with Crippen LogP contribution in [0.3, 0.4) is 0 Å². The molecule has 3 aromatic rings. The second-order valence-corrected chi connectivity index (χ2v) is 11.7. The molecular formula is C32H43N7O6. The summed E-state index contributed by atoms with van der Waals surface area (Å²) in [6, 6.07) is 2.42. The highest BCUT2D eigenvalue weighted by Crippen LogP contribution is 2.31. The van der Waals surface area contributed by atoms with Crippen molar-refractivity contribution in [3.8, 4) is 0 Å². The summed E-state index contributed by atoms with van der Waals surface area (Å²) in [7, 11) is 4.49. The fourth-order valence-electron chi connectivity index (χ4n) is 5.32. The molecule has 13 heteroatoms. The fraction of sp³-hybridized carbons (Fsp3) is 0.531. The van der Waals surface area contributed by atoms with E-state index < -0.39 is 12.1 Å². The van der Waals surface area contributed by atoms with Gasteiger partial charge in [-0.15, -0.1) is 0 Å². The first-order chi connectivity index (χ1) is 21.5. The van der Waals surface area contributed by atoms with Crippen LogP contribution in [-0.4, -0.2) is 80.6 Å². The highest BCUT2D eigenvalue weighted by atomic mass is 16.5. The van der Waals surface area contributed by atoms with E-state index in [0.717, 1.165) is 25.0 Å². The van der Waals surface area contributed by atoms with Crippen LogP contribution in [0.4, 0.5) is 4.79 Å². The van der Waals surface area contributed by atoms with Gasteiger partial charge in [0.25, 0.3) is 5.56 Å². The maximum Gasteiger partial charge on any atom is 0.407 e. The maximum atomic E-state index is 13.7. The first-order valence-corrected chi connectivity index (χ1v) is 15.3. The van der Waals surface area contributed by atoms with Gasteiger partial charge in [-0.1, -0.05) is 26.0 Å². The van der Waals surface area contributed by atoms with Crippen molar-refractivity contribution in [2.45, 2.75) is 84.0 Å². The lowest BCUT2D eigenvalue weighted by Crippen LogP contribution is -2.42. The Morgan fingerprint density at radius 2 is 1.98 bits per heavy atom. The summed E-state index contributed by atoms with van der Waals surface area (Å²) in [5.74, 6) is 0.841. The number of carbonyl (C=O) groups is 3. The van der Waals surface area contributed by atoms with E-state index in [2.05, 4.69) is 24.1 Å². The van der Waals surface area contributed by atoms with Crippen LogP contribution in [0.25, 0.3) is 11.2 Å². The van der Waals surface area contributed by atoms with Crippen LogP contribution < -0.4 is 10.9 Å². The molecule has 1 aliphatic heterocycles. The molecule has 242 valence electrons. The van der Waals surface area contributed by atoms with Crippen molar-refractivity contribution in [2.75, 3.05) is 27.8 Å². The number of pyridine rings is 1. The van der Waals surface area contributed by atoms with Crippen LogP contribution in [0, 0.1) is 6.92 Å². The van der Waals surface area contributed by atoms with Crippen LogP contribution in [0.5, 0.6) is 0 Å². The topological polar surface area (TPSA) is 151 Å². The van der Waals surface area contributed by atoms with Gasteiger partial charge in [-0.05, 0) is 57.1 Å². The monoisotopic (exact) mass is 621 g/mol. The Labute approximate surface area is 262 Å². The molecule has 13 nitrogen and oxygen atoms in total. The Kier molecular flexibility index (Phi) is 11.2. The standard InChI is InChI=1S/C32H43N7O6/c1-20(2)28-29-30(34-21(3)33-28)39(27-15-9-10-17-45-27)25(36-29)19-38-16-11-12-22(31(38)42)18-24(40)23(35-32(43)44-6)13-7-8-14-26(41)37(4)5/h8,11-12,14,16,20,23,27H,7,9-10,13,15,17-19H2,1-6H3,(H,35,43)/b14-8+/t23-,27?/m0/s1. The lowest BCUT2D eigenvalue weighted by atomic mass is 10.0. The summed E-state index contributed by atoms with van der Waals surface area (Å²) < 4.78 is 14.4. The quantitative estimate of drug-likeness (QED) is 0.300. The predicted octanol–water partition coefficient (Wildman–Crippen LogP) is 3.43. The highest BCUT2D eigenvalue weighted by molar-refractivity contribution is 5.89. The zero-order chi connectivity index (χ0) is 32.7. The van der Waals surface area contributed by atoms with Crippen molar-refractivity contribution in [1.29, 1.82) is 0 Å². The van der Waals surface area contributed by atoms with E-state index in [1.54, 1.807) is 38.5 Å². The maximum absolute atomic E-state index is 13.7. The molecule has 0 bridgehead atoms. The van der Waals surface area contributed by atoms with Crippen molar-refractivity contribution in [2.24, 2.45) is 0 Å². The number of rotatable bonds is 12. The number of nitrogens with one attached hydrogen (secondary N) is 1. The molecule has 0 saturated carbocycles. The van der Waals surface area contributed by atoms with E-state index in [9.17, 15) is 19.2 Å². The number of imidazole rings is 1. The van der Waals surface area contributed by atoms with Crippen LogP contribution >= 0.6 is 0 Å². The minimum atomic E-state index is -0.909. The van der Waals surface area contributed by atoms with E-state index in [-0.39, 0.29) is 54.3 Å². The van der Waals surface area contributed by atoms with Gasteiger partial charge in [-0.2, -0.15) is 0 Å². The number of alkyl carbamates (subject to hydrolysis) is 1. The molecule has 1 unspecified atom stereocenters. The second-order valence-electron chi connectivity index (χ2n) is 11.7. The van der Waals surface area contributed by atoms with Gasteiger partial charge < -0.3 is 24.3 Å². The van der Waals surface area contributed by atoms with Gasteiger partial charge in [-0.25, -0.2) is 19.7 Å². The van der Waals surface area contributed by atoms with Crippen molar-refractivity contribution in [1.82, 2.24) is 34.3 Å². The third-order valence-electron chi connectivity index (χ3n) is 7.71. The summed E-state index contributed by atoms with van der Waals surface area (Å²) >= 11 is 0. The van der Waals surface area contributed by atoms with E-state index in [1.165, 1.54) is 22.7 Å². The molecule has 1 aliphatic rings. The Balaban J connectivity index is 1.62. The Morgan fingerprint density at radius 1 is 1.20 bits per heavy atom. The average molecular weight is 622 g/mol. The van der Waals surface area contributed by atoms with E-state index in [4.69, 9.17) is 19.4 Å². The molecular weight excluding hydrogens is 578 g/mol. The number of aromatic nitrogens is 5. The molecule has 0 aromatic carbocycles. The van der Waals surface area contributed by atoms with Gasteiger partial charge in [0.1, 0.15) is 23.4 Å². The predicted molar refractivity (Wildman–Crippen MR) is 168 cm³/mol. The summed E-state index contributed by atoms with van der Waals surface area (Å²) in [4.78, 5) is 66.7. The van der Waals surface area contributed by atoms with Gasteiger partial charge >= 0.3 is 6.09 Å². The third-order valence-corrected chi connectivity index (χ3v) is 7.71. The molecule has 4 rings (SSSR count). The largest absolute Gasteiger partial charge is 0.453 e. The summed E-state index contributed by atoms with van der Waals surface area (Å²) in [5, 5.41) is 2.56. The van der Waals surface area contributed by atoms with Crippen LogP contribution in [0.2, 0.25) is 0 Å². The van der Waals surface area contributed by atoms with Crippen LogP contribution in [0.15, 0.2) is 35.3 Å². The third kappa shape index (κ3) is 8.21. The molecule has 1 saturated heterocycles. The number of hydrogen-bond donors (Lipinski definition) is 1. The Hall–Kier alpha value is -4.39. The first-order valence-electron chi connectivity index (χ1n) is 15.3. The molecule has 1 fully saturated rings. The van der Waals surface area contributed by atoms with E-state index in [1.807, 2.05) is 11.5 Å². The first kappa shape index (κ1) is 33.5. The summed E-state index contributed by atoms with van der Waals surface area (Å²) in [5.41, 5.74) is 2.16. The number of fused-ring (bicyclic) bond motifs is 1. The van der Waals surface area contributed by atoms with Crippen molar-refractivity contribution >= 4 is 28.9 Å². The molecule has 2 atom stereocenters. The lowest BCUT2D eigenvalue weighted by molar-refractivity contribution is -0.123. The number of hydrogen-bond acceptors (Lipinski definition) is 9. The molecule has 0 aliphatic carbocycles. The van der Waals surface area contributed by atoms with Crippen LogP contribution in [0.1, 0.15) is 81.0 Å². The Morgan fingerprint density at radius 3 is 2.64 bits per heavy atom. The number of methoxy groups -OCH3 is 1. The molecule has 0 radical (unpaired) electrons. The van der Waals surface area contributed by atoms with Crippen LogP contribution in [-0.2, 0) is 32.0 Å². The van der Waals surface area contributed by atoms with Crippen molar-refractivity contribution in [3.63, 3.8) is 0 Å². The van der Waals surface area contributed by atoms with Gasteiger partial charge in [-0.3, -0.25) is 19.0 Å². The number of likely N-dealkylation sites (N-methyl/N-ethyl adjacent to an activating group) is 1. The van der Waals surface area contributed by atoms with Crippen molar-refractivity contribution < 1.29 is 23.9 Å². The fourth-order valence-corrected chi connectivity index (χ4v) is 5.32. The minimum Gasteiger partial charge on any atom is -0.453 e. The van der Waals surface area contributed by atoms with Crippen molar-refractivity contribution in [3.05, 3.63) is 63.7 Å². The molecule has 1 N–H and O–H groups in total. The van der Waals surface area contributed by atoms with Gasteiger partial charge in [0.05, 0.1) is 25.4 Å². The molecule has 0 spiro atoms. The normalized spacial score (nSPS) is 15.8. The van der Waals surface area contributed by atoms with Gasteiger partial charge in [0, 0.05) is 38.9 Å². The molecule has 45 heavy (non-hydrogen) atoms.